The van der Waals surface area contributed by atoms with Crippen molar-refractivity contribution in [3.63, 3.8) is 0 Å². The van der Waals surface area contributed by atoms with Crippen LogP contribution < -0.4 is 10.6 Å². The van der Waals surface area contributed by atoms with Crippen molar-refractivity contribution in [2.75, 3.05) is 18.9 Å². The van der Waals surface area contributed by atoms with Gasteiger partial charge in [0.2, 0.25) is 5.91 Å². The van der Waals surface area contributed by atoms with E-state index in [1.165, 1.54) is 0 Å². The van der Waals surface area contributed by atoms with Crippen LogP contribution in [0.25, 0.3) is 0 Å². The molecule has 0 aliphatic rings. The highest BCUT2D eigenvalue weighted by Crippen LogP contribution is 2.17. The summed E-state index contributed by atoms with van der Waals surface area (Å²) in [5, 5.41) is 14.5. The van der Waals surface area contributed by atoms with Crippen LogP contribution in [0.5, 0.6) is 0 Å². The molecule has 2 N–H and O–H groups in total. The van der Waals surface area contributed by atoms with E-state index in [-0.39, 0.29) is 5.91 Å². The van der Waals surface area contributed by atoms with E-state index in [4.69, 9.17) is 5.26 Å². The first kappa shape index (κ1) is 13.0. The van der Waals surface area contributed by atoms with E-state index in [2.05, 4.69) is 15.6 Å². The summed E-state index contributed by atoms with van der Waals surface area (Å²) in [6, 6.07) is 5.43. The van der Waals surface area contributed by atoms with Gasteiger partial charge in [-0.3, -0.25) is 4.79 Å². The number of amides is 1. The van der Waals surface area contributed by atoms with Gasteiger partial charge in [0.25, 0.3) is 0 Å². The summed E-state index contributed by atoms with van der Waals surface area (Å²) in [7, 11) is 1.60. The van der Waals surface area contributed by atoms with Crippen LogP contribution in [0.2, 0.25) is 0 Å². The number of carbonyl (C=O) groups is 1. The van der Waals surface area contributed by atoms with Gasteiger partial charge in [0, 0.05) is 19.8 Å². The number of anilines is 1. The number of rotatable bonds is 4. The number of hydrogen-bond acceptors (Lipinski definition) is 4. The molecule has 1 rings (SSSR count). The Morgan fingerprint density at radius 3 is 2.88 bits per heavy atom. The Bertz CT molecular complexity index is 448. The standard InChI is InChI=1S/C12H16N4O/c1-12(2,11(17)14-3)8-16-10-9(7-13)5-4-6-15-10/h4-6H,8H2,1-3H3,(H,14,17)(H,15,16). The lowest BCUT2D eigenvalue weighted by Crippen LogP contribution is -2.39. The fraction of sp³-hybridized carbons (Fsp3) is 0.417. The molecule has 1 aromatic rings. The highest BCUT2D eigenvalue weighted by Gasteiger charge is 2.26. The summed E-state index contributed by atoms with van der Waals surface area (Å²) < 4.78 is 0. The third kappa shape index (κ3) is 3.18. The normalized spacial score (nSPS) is 10.5. The van der Waals surface area contributed by atoms with Crippen molar-refractivity contribution in [3.8, 4) is 6.07 Å². The highest BCUT2D eigenvalue weighted by atomic mass is 16.2. The number of nitriles is 1. The molecule has 0 fully saturated rings. The number of aromatic nitrogens is 1. The maximum Gasteiger partial charge on any atom is 0.227 e. The SMILES string of the molecule is CNC(=O)C(C)(C)CNc1ncccc1C#N. The molecule has 0 aliphatic carbocycles. The van der Waals surface area contributed by atoms with E-state index in [1.807, 2.05) is 19.9 Å². The van der Waals surface area contributed by atoms with Crippen LogP contribution in [0, 0.1) is 16.7 Å². The zero-order valence-electron chi connectivity index (χ0n) is 10.2. The lowest BCUT2D eigenvalue weighted by Gasteiger charge is -2.23. The van der Waals surface area contributed by atoms with E-state index in [0.717, 1.165) is 0 Å². The Labute approximate surface area is 101 Å². The van der Waals surface area contributed by atoms with Gasteiger partial charge in [-0.15, -0.1) is 0 Å². The van der Waals surface area contributed by atoms with Crippen molar-refractivity contribution in [2.45, 2.75) is 13.8 Å². The molecule has 0 unspecified atom stereocenters. The smallest absolute Gasteiger partial charge is 0.227 e. The predicted molar refractivity (Wildman–Crippen MR) is 65.3 cm³/mol. The maximum atomic E-state index is 11.6. The van der Waals surface area contributed by atoms with Gasteiger partial charge in [-0.05, 0) is 26.0 Å². The van der Waals surface area contributed by atoms with E-state index in [9.17, 15) is 4.79 Å². The molecule has 5 nitrogen and oxygen atoms in total. The summed E-state index contributed by atoms with van der Waals surface area (Å²) in [6.07, 6.45) is 1.61. The zero-order valence-corrected chi connectivity index (χ0v) is 10.2. The molecule has 5 heteroatoms. The quantitative estimate of drug-likeness (QED) is 0.816. The molecule has 0 saturated carbocycles. The second kappa shape index (κ2) is 5.30. The Morgan fingerprint density at radius 2 is 2.29 bits per heavy atom. The van der Waals surface area contributed by atoms with Crippen molar-refractivity contribution in [1.82, 2.24) is 10.3 Å². The molecule has 1 heterocycles. The summed E-state index contributed by atoms with van der Waals surface area (Å²) in [4.78, 5) is 15.6. The predicted octanol–water partition coefficient (Wildman–Crippen LogP) is 1.14. The molecule has 0 bridgehead atoms. The molecule has 17 heavy (non-hydrogen) atoms. The summed E-state index contributed by atoms with van der Waals surface area (Å²) in [5.74, 6) is 0.450. The van der Waals surface area contributed by atoms with Gasteiger partial charge in [0.15, 0.2) is 0 Å². The van der Waals surface area contributed by atoms with Gasteiger partial charge in [-0.1, -0.05) is 0 Å². The van der Waals surface area contributed by atoms with Gasteiger partial charge in [-0.25, -0.2) is 4.98 Å². The van der Waals surface area contributed by atoms with Crippen molar-refractivity contribution >= 4 is 11.7 Å². The number of nitrogens with one attached hydrogen (secondary N) is 2. The van der Waals surface area contributed by atoms with Gasteiger partial charge < -0.3 is 10.6 Å². The summed E-state index contributed by atoms with van der Waals surface area (Å²) >= 11 is 0. The van der Waals surface area contributed by atoms with Crippen LogP contribution in [-0.2, 0) is 4.79 Å². The third-order valence-electron chi connectivity index (χ3n) is 2.47. The van der Waals surface area contributed by atoms with Crippen LogP contribution in [0.15, 0.2) is 18.3 Å². The first-order valence-electron chi connectivity index (χ1n) is 5.32. The molecule has 0 saturated heterocycles. The lowest BCUT2D eigenvalue weighted by molar-refractivity contribution is -0.128. The fourth-order valence-electron chi connectivity index (χ4n) is 1.36. The van der Waals surface area contributed by atoms with Crippen molar-refractivity contribution < 1.29 is 4.79 Å². The minimum Gasteiger partial charge on any atom is -0.368 e. The number of hydrogen-bond donors (Lipinski definition) is 2. The Morgan fingerprint density at radius 1 is 1.59 bits per heavy atom. The van der Waals surface area contributed by atoms with E-state index in [1.54, 1.807) is 25.4 Å². The molecule has 1 amide bonds. The first-order chi connectivity index (χ1) is 8.01. The van der Waals surface area contributed by atoms with Crippen molar-refractivity contribution in [3.05, 3.63) is 23.9 Å². The van der Waals surface area contributed by atoms with Crippen molar-refractivity contribution in [1.29, 1.82) is 5.26 Å². The Hall–Kier alpha value is -2.09. The molecule has 0 radical (unpaired) electrons. The van der Waals surface area contributed by atoms with E-state index < -0.39 is 5.41 Å². The molecule has 0 spiro atoms. The molecular formula is C12H16N4O. The second-order valence-electron chi connectivity index (χ2n) is 4.33. The first-order valence-corrected chi connectivity index (χ1v) is 5.32. The van der Waals surface area contributed by atoms with Gasteiger partial charge >= 0.3 is 0 Å². The van der Waals surface area contributed by atoms with Crippen LogP contribution in [0.4, 0.5) is 5.82 Å². The molecule has 0 aromatic carbocycles. The second-order valence-corrected chi connectivity index (χ2v) is 4.33. The number of carbonyl (C=O) groups excluding carboxylic acids is 1. The van der Waals surface area contributed by atoms with Crippen LogP contribution >= 0.6 is 0 Å². The number of pyridine rings is 1. The molecule has 0 aliphatic heterocycles. The van der Waals surface area contributed by atoms with E-state index >= 15 is 0 Å². The van der Waals surface area contributed by atoms with E-state index in [0.29, 0.717) is 17.9 Å². The molecule has 1 aromatic heterocycles. The molecular weight excluding hydrogens is 216 g/mol. The van der Waals surface area contributed by atoms with Crippen LogP contribution in [0.1, 0.15) is 19.4 Å². The largest absolute Gasteiger partial charge is 0.368 e. The minimum absolute atomic E-state index is 0.0561. The Kier molecular flexibility index (Phi) is 4.05. The number of nitrogens with zero attached hydrogens (tertiary/aromatic N) is 2. The average Bonchev–Trinajstić information content (AvgIpc) is 2.35. The average molecular weight is 232 g/mol. The monoisotopic (exact) mass is 232 g/mol. The van der Waals surface area contributed by atoms with Crippen LogP contribution in [-0.4, -0.2) is 24.5 Å². The topological polar surface area (TPSA) is 77.8 Å². The van der Waals surface area contributed by atoms with Crippen LogP contribution in [0.3, 0.4) is 0 Å². The fourth-order valence-corrected chi connectivity index (χ4v) is 1.36. The van der Waals surface area contributed by atoms with Crippen molar-refractivity contribution in [2.24, 2.45) is 5.41 Å². The van der Waals surface area contributed by atoms with Gasteiger partial charge in [-0.2, -0.15) is 5.26 Å². The third-order valence-corrected chi connectivity index (χ3v) is 2.47. The summed E-state index contributed by atoms with van der Waals surface area (Å²) in [6.45, 7) is 4.07. The maximum absolute atomic E-state index is 11.6. The highest BCUT2D eigenvalue weighted by molar-refractivity contribution is 5.82. The summed E-state index contributed by atoms with van der Waals surface area (Å²) in [5.41, 5.74) is -0.0841. The molecule has 0 atom stereocenters. The van der Waals surface area contributed by atoms with Gasteiger partial charge in [0.1, 0.15) is 11.9 Å². The Balaban J connectivity index is 2.74. The zero-order chi connectivity index (χ0) is 12.9. The molecule has 90 valence electrons. The van der Waals surface area contributed by atoms with Gasteiger partial charge in [0.05, 0.1) is 11.0 Å². The lowest BCUT2D eigenvalue weighted by atomic mass is 9.92. The minimum atomic E-state index is -0.557.